The average molecular weight is 377 g/mol. The van der Waals surface area contributed by atoms with Crippen LogP contribution < -0.4 is 10.5 Å². The van der Waals surface area contributed by atoms with Crippen molar-refractivity contribution in [2.45, 2.75) is 33.2 Å². The van der Waals surface area contributed by atoms with Gasteiger partial charge in [0.2, 0.25) is 0 Å². The normalized spacial score (nSPS) is 16.7. The number of benzene rings is 1. The first-order chi connectivity index (χ1) is 12.6. The highest BCUT2D eigenvalue weighted by molar-refractivity contribution is 5.76. The fourth-order valence-electron chi connectivity index (χ4n) is 2.58. The molecule has 2 N–H and O–H groups in total. The molecule has 1 aliphatic rings. The van der Waals surface area contributed by atoms with Gasteiger partial charge in [0.05, 0.1) is 6.61 Å². The minimum absolute atomic E-state index is 0.0926. The Bertz CT molecular complexity index is 632. The SMILES string of the molecule is CN1CCN(C(=O)Oc2ccc(C[C@H](N)C(=O)OCC(C)(C)C)cc2)CC1. The second-order valence-corrected chi connectivity index (χ2v) is 8.28. The van der Waals surface area contributed by atoms with Gasteiger partial charge in [-0.1, -0.05) is 32.9 Å². The number of hydrogen-bond acceptors (Lipinski definition) is 6. The number of esters is 1. The summed E-state index contributed by atoms with van der Waals surface area (Å²) in [4.78, 5) is 28.0. The van der Waals surface area contributed by atoms with Gasteiger partial charge in [-0.3, -0.25) is 4.79 Å². The molecule has 7 nitrogen and oxygen atoms in total. The number of hydrogen-bond donors (Lipinski definition) is 1. The Hall–Kier alpha value is -2.12. The van der Waals surface area contributed by atoms with Crippen molar-refractivity contribution in [2.24, 2.45) is 11.1 Å². The van der Waals surface area contributed by atoms with Crippen molar-refractivity contribution < 1.29 is 19.1 Å². The van der Waals surface area contributed by atoms with Crippen LogP contribution in [0.25, 0.3) is 0 Å². The molecule has 1 aliphatic heterocycles. The van der Waals surface area contributed by atoms with E-state index in [0.29, 0.717) is 31.9 Å². The molecule has 0 aromatic heterocycles. The molecule has 1 heterocycles. The van der Waals surface area contributed by atoms with Crippen molar-refractivity contribution in [3.63, 3.8) is 0 Å². The monoisotopic (exact) mass is 377 g/mol. The Balaban J connectivity index is 1.82. The summed E-state index contributed by atoms with van der Waals surface area (Å²) in [6, 6.07) is 6.34. The van der Waals surface area contributed by atoms with Gasteiger partial charge in [0, 0.05) is 26.2 Å². The van der Waals surface area contributed by atoms with Gasteiger partial charge in [0.25, 0.3) is 0 Å². The summed E-state index contributed by atoms with van der Waals surface area (Å²) in [5.74, 6) is 0.0713. The largest absolute Gasteiger partial charge is 0.464 e. The summed E-state index contributed by atoms with van der Waals surface area (Å²) >= 11 is 0. The molecule has 2 rings (SSSR count). The predicted molar refractivity (Wildman–Crippen MR) is 104 cm³/mol. The molecule has 0 unspecified atom stereocenters. The van der Waals surface area contributed by atoms with Crippen LogP contribution in [0, 0.1) is 5.41 Å². The van der Waals surface area contributed by atoms with Crippen LogP contribution in [0.2, 0.25) is 0 Å². The molecular weight excluding hydrogens is 346 g/mol. The van der Waals surface area contributed by atoms with Crippen molar-refractivity contribution in [3.8, 4) is 5.75 Å². The first kappa shape index (κ1) is 21.2. The van der Waals surface area contributed by atoms with E-state index in [2.05, 4.69) is 4.90 Å². The number of rotatable bonds is 5. The van der Waals surface area contributed by atoms with Crippen LogP contribution >= 0.6 is 0 Å². The predicted octanol–water partition coefficient (Wildman–Crippen LogP) is 1.89. The summed E-state index contributed by atoms with van der Waals surface area (Å²) in [6.07, 6.45) is 0.0358. The second kappa shape index (κ2) is 9.19. The van der Waals surface area contributed by atoms with Gasteiger partial charge in [0.1, 0.15) is 11.8 Å². The van der Waals surface area contributed by atoms with Crippen molar-refractivity contribution in [1.29, 1.82) is 0 Å². The van der Waals surface area contributed by atoms with Gasteiger partial charge < -0.3 is 25.0 Å². The molecule has 0 aliphatic carbocycles. The van der Waals surface area contributed by atoms with Gasteiger partial charge in [-0.05, 0) is 36.6 Å². The smallest absolute Gasteiger partial charge is 0.415 e. The topological polar surface area (TPSA) is 85.1 Å². The first-order valence-electron chi connectivity index (χ1n) is 9.30. The van der Waals surface area contributed by atoms with Gasteiger partial charge in [-0.2, -0.15) is 0 Å². The lowest BCUT2D eigenvalue weighted by molar-refractivity contribution is -0.147. The third-order valence-electron chi connectivity index (χ3n) is 4.30. The maximum Gasteiger partial charge on any atom is 0.415 e. The lowest BCUT2D eigenvalue weighted by atomic mass is 9.98. The zero-order valence-corrected chi connectivity index (χ0v) is 16.7. The van der Waals surface area contributed by atoms with Crippen LogP contribution in [-0.4, -0.2) is 67.7 Å². The molecule has 0 bridgehead atoms. The number of nitrogens with two attached hydrogens (primary N) is 1. The highest BCUT2D eigenvalue weighted by atomic mass is 16.6. The third kappa shape index (κ3) is 7.19. The number of carbonyl (C=O) groups excluding carboxylic acids is 2. The minimum atomic E-state index is -0.717. The van der Waals surface area contributed by atoms with E-state index < -0.39 is 12.0 Å². The molecule has 150 valence electrons. The van der Waals surface area contributed by atoms with Crippen LogP contribution in [0.15, 0.2) is 24.3 Å². The summed E-state index contributed by atoms with van der Waals surface area (Å²) in [5, 5.41) is 0. The third-order valence-corrected chi connectivity index (χ3v) is 4.30. The Kier molecular flexibility index (Phi) is 7.21. The van der Waals surface area contributed by atoms with Crippen LogP contribution in [0.3, 0.4) is 0 Å². The number of nitrogens with zero attached hydrogens (tertiary/aromatic N) is 2. The Labute approximate surface area is 161 Å². The van der Waals surface area contributed by atoms with E-state index in [9.17, 15) is 9.59 Å². The van der Waals surface area contributed by atoms with Crippen molar-refractivity contribution in [3.05, 3.63) is 29.8 Å². The van der Waals surface area contributed by atoms with Gasteiger partial charge >= 0.3 is 12.1 Å². The standard InChI is InChI=1S/C20H31N3O4/c1-20(2,3)14-26-18(24)17(21)13-15-5-7-16(8-6-15)27-19(25)23-11-9-22(4)10-12-23/h5-8,17H,9-14,21H2,1-4H3/t17-/m0/s1. The lowest BCUT2D eigenvalue weighted by Crippen LogP contribution is -2.48. The summed E-state index contributed by atoms with van der Waals surface area (Å²) in [6.45, 7) is 9.34. The number of carbonyl (C=O) groups is 2. The zero-order chi connectivity index (χ0) is 20.0. The molecule has 1 saturated heterocycles. The van der Waals surface area contributed by atoms with Gasteiger partial charge in [0.15, 0.2) is 0 Å². The van der Waals surface area contributed by atoms with Crippen LogP contribution in [-0.2, 0) is 16.0 Å². The van der Waals surface area contributed by atoms with Crippen molar-refractivity contribution in [2.75, 3.05) is 39.8 Å². The number of piperazine rings is 1. The highest BCUT2D eigenvalue weighted by Gasteiger charge is 2.21. The molecule has 0 saturated carbocycles. The maximum absolute atomic E-state index is 12.2. The molecule has 27 heavy (non-hydrogen) atoms. The van der Waals surface area contributed by atoms with E-state index in [1.807, 2.05) is 40.0 Å². The molecule has 1 atom stereocenters. The number of ether oxygens (including phenoxy) is 2. The minimum Gasteiger partial charge on any atom is -0.464 e. The molecule has 1 fully saturated rings. The van der Waals surface area contributed by atoms with Crippen molar-refractivity contribution in [1.82, 2.24) is 9.80 Å². The molecule has 1 aromatic rings. The van der Waals surface area contributed by atoms with Crippen LogP contribution in [0.1, 0.15) is 26.3 Å². The molecule has 1 aromatic carbocycles. The molecular formula is C20H31N3O4. The fourth-order valence-corrected chi connectivity index (χ4v) is 2.58. The van der Waals surface area contributed by atoms with E-state index in [1.54, 1.807) is 17.0 Å². The Morgan fingerprint density at radius 1 is 1.11 bits per heavy atom. The second-order valence-electron chi connectivity index (χ2n) is 8.28. The van der Waals surface area contributed by atoms with Gasteiger partial charge in [-0.15, -0.1) is 0 Å². The summed E-state index contributed by atoms with van der Waals surface area (Å²) in [7, 11) is 2.03. The van der Waals surface area contributed by atoms with Crippen LogP contribution in [0.5, 0.6) is 5.75 Å². The molecule has 1 amide bonds. The highest BCUT2D eigenvalue weighted by Crippen LogP contribution is 2.16. The number of amides is 1. The van der Waals surface area contributed by atoms with E-state index in [0.717, 1.165) is 18.7 Å². The van der Waals surface area contributed by atoms with Crippen LogP contribution in [0.4, 0.5) is 4.79 Å². The van der Waals surface area contributed by atoms with E-state index >= 15 is 0 Å². The fraction of sp³-hybridized carbons (Fsp3) is 0.600. The zero-order valence-electron chi connectivity index (χ0n) is 16.7. The lowest BCUT2D eigenvalue weighted by Gasteiger charge is -2.31. The summed E-state index contributed by atoms with van der Waals surface area (Å²) in [5.41, 5.74) is 6.73. The van der Waals surface area contributed by atoms with E-state index in [-0.39, 0.29) is 11.5 Å². The van der Waals surface area contributed by atoms with E-state index in [4.69, 9.17) is 15.2 Å². The molecule has 0 spiro atoms. The Morgan fingerprint density at radius 3 is 2.26 bits per heavy atom. The quantitative estimate of drug-likeness (QED) is 0.789. The number of likely N-dealkylation sites (N-methyl/N-ethyl adjacent to an activating group) is 1. The van der Waals surface area contributed by atoms with Crippen molar-refractivity contribution >= 4 is 12.1 Å². The first-order valence-corrected chi connectivity index (χ1v) is 9.30. The average Bonchev–Trinajstić information content (AvgIpc) is 2.61. The maximum atomic E-state index is 12.2. The van der Waals surface area contributed by atoms with E-state index in [1.165, 1.54) is 0 Å². The molecule has 0 radical (unpaired) electrons. The Morgan fingerprint density at radius 2 is 1.70 bits per heavy atom. The summed E-state index contributed by atoms with van der Waals surface area (Å²) < 4.78 is 10.7. The van der Waals surface area contributed by atoms with Gasteiger partial charge in [-0.25, -0.2) is 4.79 Å². The molecule has 7 heteroatoms.